The molecule has 1 aromatic rings. The highest BCUT2D eigenvalue weighted by Crippen LogP contribution is 2.10. The molecule has 1 aliphatic rings. The van der Waals surface area contributed by atoms with E-state index in [2.05, 4.69) is 19.1 Å². The summed E-state index contributed by atoms with van der Waals surface area (Å²) < 4.78 is 5.24. The predicted octanol–water partition coefficient (Wildman–Crippen LogP) is 3.14. The van der Waals surface area contributed by atoms with Crippen LogP contribution in [0.3, 0.4) is 0 Å². The van der Waals surface area contributed by atoms with Gasteiger partial charge in [0.05, 0.1) is 13.2 Å². The lowest BCUT2D eigenvalue weighted by Gasteiger charge is -2.26. The average Bonchev–Trinajstić information content (AvgIpc) is 2.51. The number of carbonyl (C=O) groups is 1. The van der Waals surface area contributed by atoms with Gasteiger partial charge in [0.15, 0.2) is 0 Å². The SMILES string of the molecule is CC.CCCc1ccc(C(=O)N2CCOCC2)cc1. The zero-order valence-corrected chi connectivity index (χ0v) is 12.3. The van der Waals surface area contributed by atoms with E-state index in [4.69, 9.17) is 4.74 Å². The van der Waals surface area contributed by atoms with E-state index in [1.165, 1.54) is 5.56 Å². The Hall–Kier alpha value is -1.35. The van der Waals surface area contributed by atoms with E-state index in [9.17, 15) is 4.79 Å². The summed E-state index contributed by atoms with van der Waals surface area (Å²) in [5.74, 6) is 0.122. The molecule has 0 aliphatic carbocycles. The second-order valence-electron chi connectivity index (χ2n) is 4.35. The fraction of sp³-hybridized carbons (Fsp3) is 0.562. The fourth-order valence-electron chi connectivity index (χ4n) is 2.05. The third-order valence-corrected chi connectivity index (χ3v) is 3.04. The van der Waals surface area contributed by atoms with Crippen molar-refractivity contribution in [2.24, 2.45) is 0 Å². The second kappa shape index (κ2) is 8.70. The second-order valence-corrected chi connectivity index (χ2v) is 4.35. The summed E-state index contributed by atoms with van der Waals surface area (Å²) in [6, 6.07) is 7.97. The number of nitrogens with zero attached hydrogens (tertiary/aromatic N) is 1. The smallest absolute Gasteiger partial charge is 0.254 e. The minimum absolute atomic E-state index is 0.122. The molecule has 1 fully saturated rings. The van der Waals surface area contributed by atoms with Gasteiger partial charge in [0.1, 0.15) is 0 Å². The van der Waals surface area contributed by atoms with E-state index < -0.39 is 0 Å². The first kappa shape index (κ1) is 15.7. The van der Waals surface area contributed by atoms with Crippen LogP contribution in [0.4, 0.5) is 0 Å². The summed E-state index contributed by atoms with van der Waals surface area (Å²) in [4.78, 5) is 14.0. The summed E-state index contributed by atoms with van der Waals surface area (Å²) >= 11 is 0. The topological polar surface area (TPSA) is 29.5 Å². The Morgan fingerprint density at radius 2 is 1.74 bits per heavy atom. The molecule has 0 bridgehead atoms. The van der Waals surface area contributed by atoms with E-state index in [0.29, 0.717) is 26.3 Å². The Kier molecular flexibility index (Phi) is 7.19. The van der Waals surface area contributed by atoms with Gasteiger partial charge in [0.2, 0.25) is 0 Å². The highest BCUT2D eigenvalue weighted by atomic mass is 16.5. The van der Waals surface area contributed by atoms with E-state index in [1.807, 2.05) is 30.9 Å². The van der Waals surface area contributed by atoms with Crippen LogP contribution in [-0.2, 0) is 11.2 Å². The van der Waals surface area contributed by atoms with Crippen LogP contribution < -0.4 is 0 Å². The zero-order valence-electron chi connectivity index (χ0n) is 12.3. The maximum absolute atomic E-state index is 12.1. The quantitative estimate of drug-likeness (QED) is 0.838. The van der Waals surface area contributed by atoms with Gasteiger partial charge in [0, 0.05) is 18.7 Å². The first-order valence-electron chi connectivity index (χ1n) is 7.27. The van der Waals surface area contributed by atoms with Gasteiger partial charge in [-0.1, -0.05) is 39.3 Å². The van der Waals surface area contributed by atoms with Crippen LogP contribution >= 0.6 is 0 Å². The lowest BCUT2D eigenvalue weighted by atomic mass is 10.1. The molecule has 0 spiro atoms. The molecule has 0 unspecified atom stereocenters. The highest BCUT2D eigenvalue weighted by molar-refractivity contribution is 5.94. The van der Waals surface area contributed by atoms with Crippen molar-refractivity contribution in [3.8, 4) is 0 Å². The van der Waals surface area contributed by atoms with Crippen molar-refractivity contribution >= 4 is 5.91 Å². The van der Waals surface area contributed by atoms with Crippen molar-refractivity contribution in [3.05, 3.63) is 35.4 Å². The number of amides is 1. The van der Waals surface area contributed by atoms with Crippen LogP contribution in [0.1, 0.15) is 43.1 Å². The monoisotopic (exact) mass is 263 g/mol. The van der Waals surface area contributed by atoms with Crippen LogP contribution in [-0.4, -0.2) is 37.1 Å². The number of benzene rings is 1. The Labute approximate surface area is 116 Å². The minimum Gasteiger partial charge on any atom is -0.378 e. The molecule has 2 rings (SSSR count). The standard InChI is InChI=1S/C14H19NO2.C2H6/c1-2-3-12-4-6-13(7-5-12)14(16)15-8-10-17-11-9-15;1-2/h4-7H,2-3,8-11H2,1H3;1-2H3. The van der Waals surface area contributed by atoms with E-state index in [-0.39, 0.29) is 5.91 Å². The molecule has 0 N–H and O–H groups in total. The number of carbonyl (C=O) groups excluding carboxylic acids is 1. The van der Waals surface area contributed by atoms with Gasteiger partial charge in [-0.15, -0.1) is 0 Å². The number of hydrogen-bond donors (Lipinski definition) is 0. The third-order valence-electron chi connectivity index (χ3n) is 3.04. The molecule has 0 aromatic heterocycles. The molecule has 3 heteroatoms. The third kappa shape index (κ3) is 4.67. The Morgan fingerprint density at radius 3 is 2.26 bits per heavy atom. The van der Waals surface area contributed by atoms with Crippen molar-refractivity contribution in [2.75, 3.05) is 26.3 Å². The molecule has 19 heavy (non-hydrogen) atoms. The van der Waals surface area contributed by atoms with Crippen LogP contribution in [0.2, 0.25) is 0 Å². The predicted molar refractivity (Wildman–Crippen MR) is 78.5 cm³/mol. The van der Waals surface area contributed by atoms with Crippen LogP contribution in [0.15, 0.2) is 24.3 Å². The Balaban J connectivity index is 0.000000861. The molecule has 1 heterocycles. The summed E-state index contributed by atoms with van der Waals surface area (Å²) in [6.07, 6.45) is 2.21. The van der Waals surface area contributed by atoms with Gasteiger partial charge in [-0.25, -0.2) is 0 Å². The molecule has 0 saturated carbocycles. The van der Waals surface area contributed by atoms with Crippen molar-refractivity contribution in [1.82, 2.24) is 4.90 Å². The van der Waals surface area contributed by atoms with E-state index >= 15 is 0 Å². The van der Waals surface area contributed by atoms with E-state index in [0.717, 1.165) is 18.4 Å². The lowest BCUT2D eigenvalue weighted by Crippen LogP contribution is -2.40. The highest BCUT2D eigenvalue weighted by Gasteiger charge is 2.17. The number of rotatable bonds is 3. The lowest BCUT2D eigenvalue weighted by molar-refractivity contribution is 0.0303. The zero-order chi connectivity index (χ0) is 14.1. The summed E-state index contributed by atoms with van der Waals surface area (Å²) in [7, 11) is 0. The van der Waals surface area contributed by atoms with Gasteiger partial charge in [-0.05, 0) is 24.1 Å². The number of aryl methyl sites for hydroxylation is 1. The maximum Gasteiger partial charge on any atom is 0.254 e. The summed E-state index contributed by atoms with van der Waals surface area (Å²) in [5.41, 5.74) is 2.08. The first-order valence-corrected chi connectivity index (χ1v) is 7.27. The van der Waals surface area contributed by atoms with Gasteiger partial charge in [-0.3, -0.25) is 4.79 Å². The van der Waals surface area contributed by atoms with Gasteiger partial charge in [0.25, 0.3) is 5.91 Å². The van der Waals surface area contributed by atoms with Crippen molar-refractivity contribution in [2.45, 2.75) is 33.6 Å². The first-order chi connectivity index (χ1) is 9.31. The van der Waals surface area contributed by atoms with Gasteiger partial charge < -0.3 is 9.64 Å². The number of ether oxygens (including phenoxy) is 1. The average molecular weight is 263 g/mol. The van der Waals surface area contributed by atoms with Crippen molar-refractivity contribution in [3.63, 3.8) is 0 Å². The van der Waals surface area contributed by atoms with Gasteiger partial charge in [-0.2, -0.15) is 0 Å². The summed E-state index contributed by atoms with van der Waals surface area (Å²) in [6.45, 7) is 8.87. The van der Waals surface area contributed by atoms with Crippen LogP contribution in [0.25, 0.3) is 0 Å². The Morgan fingerprint density at radius 1 is 1.16 bits per heavy atom. The normalized spacial score (nSPS) is 14.6. The number of morpholine rings is 1. The molecule has 1 aliphatic heterocycles. The van der Waals surface area contributed by atoms with Crippen molar-refractivity contribution in [1.29, 1.82) is 0 Å². The molecule has 1 amide bonds. The summed E-state index contributed by atoms with van der Waals surface area (Å²) in [5, 5.41) is 0. The van der Waals surface area contributed by atoms with E-state index in [1.54, 1.807) is 0 Å². The largest absolute Gasteiger partial charge is 0.378 e. The number of hydrogen-bond acceptors (Lipinski definition) is 2. The molecular formula is C16H25NO2. The molecule has 3 nitrogen and oxygen atoms in total. The van der Waals surface area contributed by atoms with Crippen LogP contribution in [0.5, 0.6) is 0 Å². The Bertz CT molecular complexity index is 367. The molecule has 106 valence electrons. The molecule has 1 saturated heterocycles. The molecule has 1 aromatic carbocycles. The maximum atomic E-state index is 12.1. The van der Waals surface area contributed by atoms with Crippen molar-refractivity contribution < 1.29 is 9.53 Å². The molecule has 0 radical (unpaired) electrons. The molecular weight excluding hydrogens is 238 g/mol. The van der Waals surface area contributed by atoms with Crippen LogP contribution in [0, 0.1) is 0 Å². The molecule has 0 atom stereocenters. The minimum atomic E-state index is 0.122. The van der Waals surface area contributed by atoms with Gasteiger partial charge >= 0.3 is 0 Å². The fourth-order valence-corrected chi connectivity index (χ4v) is 2.05.